The molecule has 2 heterocycles. The number of nitrogens with zero attached hydrogens (tertiary/aromatic N) is 5. The predicted molar refractivity (Wildman–Crippen MR) is 141 cm³/mol. The molecule has 2 amide bonds. The molecule has 0 radical (unpaired) electrons. The third kappa shape index (κ3) is 5.49. The van der Waals surface area contributed by atoms with Crippen molar-refractivity contribution in [3.8, 4) is 5.75 Å². The van der Waals surface area contributed by atoms with Gasteiger partial charge in [0, 0.05) is 31.0 Å². The Hall–Kier alpha value is -3.36. The smallest absolute Gasteiger partial charge is 0.330 e. The first-order valence-electron chi connectivity index (χ1n) is 11.8. The van der Waals surface area contributed by atoms with Gasteiger partial charge in [-0.25, -0.2) is 9.78 Å². The Morgan fingerprint density at radius 2 is 1.89 bits per heavy atom. The van der Waals surface area contributed by atoms with E-state index in [1.165, 1.54) is 4.90 Å². The lowest BCUT2D eigenvalue weighted by Gasteiger charge is -2.35. The van der Waals surface area contributed by atoms with Gasteiger partial charge in [-0.1, -0.05) is 37.6 Å². The van der Waals surface area contributed by atoms with E-state index in [1.807, 2.05) is 43.3 Å². The molecule has 1 N–H and O–H groups in total. The molecule has 0 atom stereocenters. The Morgan fingerprint density at radius 3 is 2.57 bits per heavy atom. The van der Waals surface area contributed by atoms with Crippen LogP contribution in [0.5, 0.6) is 5.75 Å². The lowest BCUT2D eigenvalue weighted by atomic mass is 10.1. The van der Waals surface area contributed by atoms with Crippen LogP contribution in [0.4, 0.5) is 27.9 Å². The van der Waals surface area contributed by atoms with Gasteiger partial charge < -0.3 is 15.0 Å². The maximum atomic E-state index is 13.2. The molecule has 4 rings (SSSR count). The summed E-state index contributed by atoms with van der Waals surface area (Å²) in [6.07, 6.45) is 1.75. The van der Waals surface area contributed by atoms with Crippen molar-refractivity contribution >= 4 is 40.8 Å². The van der Waals surface area contributed by atoms with Gasteiger partial charge in [0.2, 0.25) is 5.95 Å². The average molecular weight is 495 g/mol. The van der Waals surface area contributed by atoms with Crippen LogP contribution in [-0.2, 0) is 6.54 Å². The maximum Gasteiger partial charge on any atom is 0.330 e. The minimum atomic E-state index is -0.190. The van der Waals surface area contributed by atoms with E-state index in [0.29, 0.717) is 35.6 Å². The molecule has 8 nitrogen and oxygen atoms in total. The zero-order chi connectivity index (χ0) is 24.9. The van der Waals surface area contributed by atoms with Crippen molar-refractivity contribution in [2.75, 3.05) is 48.4 Å². The highest BCUT2D eigenvalue weighted by atomic mass is 35.5. The van der Waals surface area contributed by atoms with Gasteiger partial charge in [-0.3, -0.25) is 9.80 Å². The quantitative estimate of drug-likeness (QED) is 0.424. The Morgan fingerprint density at radius 1 is 1.14 bits per heavy atom. The fourth-order valence-corrected chi connectivity index (χ4v) is 4.43. The first kappa shape index (κ1) is 24.8. The van der Waals surface area contributed by atoms with Gasteiger partial charge in [-0.05, 0) is 55.9 Å². The van der Waals surface area contributed by atoms with Crippen molar-refractivity contribution < 1.29 is 9.53 Å². The molecule has 0 saturated heterocycles. The lowest BCUT2D eigenvalue weighted by Crippen LogP contribution is -2.46. The number of hydrogen-bond acceptors (Lipinski definition) is 6. The highest BCUT2D eigenvalue weighted by molar-refractivity contribution is 6.34. The number of carbonyl (C=O) groups is 1. The number of likely N-dealkylation sites (N-methyl/N-ethyl adjacent to an activating group) is 1. The number of fused-ring (bicyclic) bond motifs is 1. The molecule has 0 spiro atoms. The summed E-state index contributed by atoms with van der Waals surface area (Å²) in [5, 5.41) is 3.75. The van der Waals surface area contributed by atoms with Crippen molar-refractivity contribution in [1.29, 1.82) is 0 Å². The first-order chi connectivity index (χ1) is 16.9. The minimum absolute atomic E-state index is 0.190. The first-order valence-corrected chi connectivity index (χ1v) is 12.2. The number of nitrogens with one attached hydrogen (secondary N) is 1. The van der Waals surface area contributed by atoms with E-state index in [1.54, 1.807) is 24.2 Å². The van der Waals surface area contributed by atoms with E-state index in [0.717, 1.165) is 42.2 Å². The number of amides is 2. The van der Waals surface area contributed by atoms with Gasteiger partial charge in [0.1, 0.15) is 18.2 Å². The number of aromatic nitrogens is 2. The standard InChI is InChI=1S/C26H31ClN6O2/c1-5-32(6-2)14-15-35-21-12-10-20(11-13-21)29-25-28-16-19-17-33(26(34)31(4)24(19)30-25)23-18(3)8-7-9-22(23)27/h7-13,16H,5-6,14-15,17H2,1-4H3,(H,28,29,30). The van der Waals surface area contributed by atoms with E-state index in [4.69, 9.17) is 16.3 Å². The third-order valence-electron chi connectivity index (χ3n) is 6.15. The van der Waals surface area contributed by atoms with Crippen LogP contribution in [0.2, 0.25) is 5.02 Å². The molecular weight excluding hydrogens is 464 g/mol. The Labute approximate surface area is 211 Å². The van der Waals surface area contributed by atoms with Crippen molar-refractivity contribution in [3.05, 3.63) is 64.8 Å². The summed E-state index contributed by atoms with van der Waals surface area (Å²) in [6.45, 7) is 10.2. The molecule has 0 unspecified atom stereocenters. The number of aryl methyl sites for hydroxylation is 1. The summed E-state index contributed by atoms with van der Waals surface area (Å²) in [5.41, 5.74) is 3.31. The van der Waals surface area contributed by atoms with Gasteiger partial charge in [-0.2, -0.15) is 4.98 Å². The van der Waals surface area contributed by atoms with Gasteiger partial charge in [-0.15, -0.1) is 0 Å². The van der Waals surface area contributed by atoms with Gasteiger partial charge in [0.05, 0.1) is 17.3 Å². The normalized spacial score (nSPS) is 13.3. The Bertz CT molecular complexity index is 1160. The molecule has 0 bridgehead atoms. The maximum absolute atomic E-state index is 13.2. The molecule has 3 aromatic rings. The zero-order valence-corrected chi connectivity index (χ0v) is 21.3. The highest BCUT2D eigenvalue weighted by Crippen LogP contribution is 2.36. The number of benzene rings is 2. The summed E-state index contributed by atoms with van der Waals surface area (Å²) in [6, 6.07) is 13.1. The number of hydrogen-bond donors (Lipinski definition) is 1. The van der Waals surface area contributed by atoms with Crippen molar-refractivity contribution in [1.82, 2.24) is 14.9 Å². The molecule has 2 aromatic carbocycles. The van der Waals surface area contributed by atoms with E-state index in [-0.39, 0.29) is 6.03 Å². The number of rotatable bonds is 9. The van der Waals surface area contributed by atoms with Crippen LogP contribution < -0.4 is 19.9 Å². The molecule has 0 fully saturated rings. The molecule has 1 aromatic heterocycles. The van der Waals surface area contributed by atoms with Gasteiger partial charge in [0.15, 0.2) is 0 Å². The second-order valence-electron chi connectivity index (χ2n) is 8.40. The topological polar surface area (TPSA) is 73.8 Å². The largest absolute Gasteiger partial charge is 0.492 e. The molecular formula is C26H31ClN6O2. The van der Waals surface area contributed by atoms with Crippen molar-refractivity contribution in [2.45, 2.75) is 27.3 Å². The second kappa shape index (κ2) is 10.9. The molecule has 9 heteroatoms. The molecule has 0 saturated carbocycles. The lowest BCUT2D eigenvalue weighted by molar-refractivity contribution is 0.223. The average Bonchev–Trinajstić information content (AvgIpc) is 2.86. The van der Waals surface area contributed by atoms with Crippen LogP contribution in [0.1, 0.15) is 25.0 Å². The van der Waals surface area contributed by atoms with E-state index in [9.17, 15) is 4.79 Å². The molecule has 1 aliphatic heterocycles. The van der Waals surface area contributed by atoms with Crippen LogP contribution in [0.15, 0.2) is 48.7 Å². The minimum Gasteiger partial charge on any atom is -0.492 e. The molecule has 1 aliphatic rings. The van der Waals surface area contributed by atoms with Gasteiger partial charge in [0.25, 0.3) is 0 Å². The number of halogens is 1. The molecule has 35 heavy (non-hydrogen) atoms. The Balaban J connectivity index is 1.45. The number of anilines is 4. The van der Waals surface area contributed by atoms with Crippen LogP contribution in [0.25, 0.3) is 0 Å². The predicted octanol–water partition coefficient (Wildman–Crippen LogP) is 5.48. The fourth-order valence-electron chi connectivity index (χ4n) is 4.11. The van der Waals surface area contributed by atoms with E-state index >= 15 is 0 Å². The summed E-state index contributed by atoms with van der Waals surface area (Å²) in [5.74, 6) is 1.81. The zero-order valence-electron chi connectivity index (χ0n) is 20.6. The number of ether oxygens (including phenoxy) is 1. The second-order valence-corrected chi connectivity index (χ2v) is 8.81. The van der Waals surface area contributed by atoms with Crippen molar-refractivity contribution in [2.24, 2.45) is 0 Å². The number of urea groups is 1. The van der Waals surface area contributed by atoms with Crippen LogP contribution in [0.3, 0.4) is 0 Å². The summed E-state index contributed by atoms with van der Waals surface area (Å²) in [7, 11) is 1.71. The number of carbonyl (C=O) groups excluding carboxylic acids is 1. The van der Waals surface area contributed by atoms with E-state index in [2.05, 4.69) is 34.0 Å². The SMILES string of the molecule is CCN(CC)CCOc1ccc(Nc2ncc3c(n2)N(C)C(=O)N(c2c(C)cccc2Cl)C3)cc1. The fraction of sp³-hybridized carbons (Fsp3) is 0.346. The van der Waals surface area contributed by atoms with Gasteiger partial charge >= 0.3 is 6.03 Å². The van der Waals surface area contributed by atoms with Crippen LogP contribution in [-0.4, -0.2) is 54.2 Å². The Kier molecular flexibility index (Phi) is 7.73. The number of para-hydroxylation sites is 1. The summed E-state index contributed by atoms with van der Waals surface area (Å²) >= 11 is 6.42. The molecule has 184 valence electrons. The van der Waals surface area contributed by atoms with E-state index < -0.39 is 0 Å². The monoisotopic (exact) mass is 494 g/mol. The van der Waals surface area contributed by atoms with Crippen LogP contribution in [0, 0.1) is 6.92 Å². The highest BCUT2D eigenvalue weighted by Gasteiger charge is 2.32. The van der Waals surface area contributed by atoms with Crippen LogP contribution >= 0.6 is 11.6 Å². The third-order valence-corrected chi connectivity index (χ3v) is 6.45. The summed E-state index contributed by atoms with van der Waals surface area (Å²) < 4.78 is 5.85. The molecule has 0 aliphatic carbocycles. The van der Waals surface area contributed by atoms with Crippen molar-refractivity contribution in [3.63, 3.8) is 0 Å². The summed E-state index contributed by atoms with van der Waals surface area (Å²) in [4.78, 5) is 27.8.